The van der Waals surface area contributed by atoms with Gasteiger partial charge < -0.3 is 0 Å². The molecule has 0 amide bonds. The SMILES string of the molecule is FC(F)(F)c1[c]nns1. The quantitative estimate of drug-likeness (QED) is 0.562. The molecule has 0 saturated carbocycles. The first kappa shape index (κ1) is 6.47. The molecule has 0 aliphatic heterocycles. The van der Waals surface area contributed by atoms with Gasteiger partial charge in [0.2, 0.25) is 0 Å². The van der Waals surface area contributed by atoms with E-state index in [0.29, 0.717) is 0 Å². The highest BCUT2D eigenvalue weighted by molar-refractivity contribution is 7.05. The maximum absolute atomic E-state index is 11.5. The summed E-state index contributed by atoms with van der Waals surface area (Å²) in [7, 11) is 0. The number of halogens is 3. The van der Waals surface area contributed by atoms with Crippen molar-refractivity contribution in [1.82, 2.24) is 9.59 Å². The number of nitrogens with zero attached hydrogens (tertiary/aromatic N) is 2. The molecule has 0 saturated heterocycles. The van der Waals surface area contributed by atoms with Crippen molar-refractivity contribution in [1.29, 1.82) is 0 Å². The summed E-state index contributed by atoms with van der Waals surface area (Å²) in [5.74, 6) is 0. The van der Waals surface area contributed by atoms with Gasteiger partial charge in [-0.3, -0.25) is 0 Å². The van der Waals surface area contributed by atoms with Gasteiger partial charge in [0.1, 0.15) is 6.20 Å². The number of aromatic nitrogens is 2. The topological polar surface area (TPSA) is 25.8 Å². The Hall–Kier alpha value is -0.650. The summed E-state index contributed by atoms with van der Waals surface area (Å²) in [5, 5.41) is 2.91. The Bertz CT molecular complexity index is 179. The molecule has 0 bridgehead atoms. The van der Waals surface area contributed by atoms with E-state index in [0.717, 1.165) is 0 Å². The van der Waals surface area contributed by atoms with Gasteiger partial charge in [-0.1, -0.05) is 4.49 Å². The fourth-order valence-corrected chi connectivity index (χ4v) is 0.611. The third-order valence-electron chi connectivity index (χ3n) is 0.582. The van der Waals surface area contributed by atoms with E-state index in [1.54, 1.807) is 6.20 Å². The van der Waals surface area contributed by atoms with Crippen LogP contribution in [0.4, 0.5) is 13.2 Å². The van der Waals surface area contributed by atoms with E-state index in [-0.39, 0.29) is 11.5 Å². The first-order valence-electron chi connectivity index (χ1n) is 1.88. The van der Waals surface area contributed by atoms with E-state index in [1.165, 1.54) is 0 Å². The Kier molecular flexibility index (Phi) is 1.40. The second-order valence-corrected chi connectivity index (χ2v) is 1.97. The molecule has 0 aromatic carbocycles. The fourth-order valence-electron chi connectivity index (χ4n) is 0.263. The van der Waals surface area contributed by atoms with E-state index in [1.807, 2.05) is 0 Å². The van der Waals surface area contributed by atoms with Gasteiger partial charge in [0.15, 0.2) is 4.88 Å². The number of hydrogen-bond acceptors (Lipinski definition) is 3. The van der Waals surface area contributed by atoms with Gasteiger partial charge in [-0.25, -0.2) is 0 Å². The average molecular weight is 153 g/mol. The van der Waals surface area contributed by atoms with Gasteiger partial charge >= 0.3 is 6.18 Å². The van der Waals surface area contributed by atoms with E-state index in [2.05, 4.69) is 9.59 Å². The number of hydrogen-bond donors (Lipinski definition) is 0. The van der Waals surface area contributed by atoms with Crippen molar-refractivity contribution in [3.05, 3.63) is 11.1 Å². The largest absolute Gasteiger partial charge is 0.429 e. The summed E-state index contributed by atoms with van der Waals surface area (Å²) < 4.78 is 37.6. The Labute approximate surface area is 52.5 Å². The van der Waals surface area contributed by atoms with Crippen molar-refractivity contribution in [2.45, 2.75) is 6.18 Å². The maximum atomic E-state index is 11.5. The number of alkyl halides is 3. The molecular weight excluding hydrogens is 153 g/mol. The highest BCUT2D eigenvalue weighted by atomic mass is 32.1. The van der Waals surface area contributed by atoms with Gasteiger partial charge in [0, 0.05) is 0 Å². The van der Waals surface area contributed by atoms with E-state index in [9.17, 15) is 13.2 Å². The predicted octanol–water partition coefficient (Wildman–Crippen LogP) is 1.36. The van der Waals surface area contributed by atoms with Crippen molar-refractivity contribution in [3.8, 4) is 0 Å². The molecule has 2 nitrogen and oxygen atoms in total. The van der Waals surface area contributed by atoms with Crippen LogP contribution in [-0.4, -0.2) is 9.59 Å². The third-order valence-corrected chi connectivity index (χ3v) is 1.25. The van der Waals surface area contributed by atoms with E-state index < -0.39 is 11.1 Å². The molecule has 0 aliphatic rings. The molecule has 9 heavy (non-hydrogen) atoms. The minimum absolute atomic E-state index is 0.288. The Morgan fingerprint density at radius 3 is 2.33 bits per heavy atom. The molecular formula is C3F3N2S. The van der Waals surface area contributed by atoms with Crippen LogP contribution in [0.25, 0.3) is 0 Å². The van der Waals surface area contributed by atoms with Crippen LogP contribution < -0.4 is 0 Å². The van der Waals surface area contributed by atoms with Gasteiger partial charge in [-0.2, -0.15) is 13.2 Å². The summed E-state index contributed by atoms with van der Waals surface area (Å²) in [6.45, 7) is 0. The summed E-state index contributed by atoms with van der Waals surface area (Å²) >= 11 is 0.288. The van der Waals surface area contributed by atoms with Crippen molar-refractivity contribution in [2.24, 2.45) is 0 Å². The van der Waals surface area contributed by atoms with Crippen molar-refractivity contribution in [2.75, 3.05) is 0 Å². The molecule has 49 valence electrons. The highest BCUT2D eigenvalue weighted by Gasteiger charge is 2.33. The van der Waals surface area contributed by atoms with E-state index in [4.69, 9.17) is 0 Å². The van der Waals surface area contributed by atoms with Crippen LogP contribution in [0.1, 0.15) is 4.88 Å². The molecule has 0 spiro atoms. The van der Waals surface area contributed by atoms with E-state index >= 15 is 0 Å². The first-order chi connectivity index (χ1) is 4.11. The molecule has 0 atom stereocenters. The Balaban J connectivity index is 2.90. The summed E-state index contributed by atoms with van der Waals surface area (Å²) in [5.41, 5.74) is 0. The van der Waals surface area contributed by atoms with Crippen LogP contribution in [0, 0.1) is 6.20 Å². The minimum Gasteiger partial charge on any atom is -0.165 e. The lowest BCUT2D eigenvalue weighted by molar-refractivity contribution is -0.134. The standard InChI is InChI=1S/C3F3N2S/c4-3(5,6)2-1-7-8-9-2. The van der Waals surface area contributed by atoms with Gasteiger partial charge in [-0.05, 0) is 11.5 Å². The highest BCUT2D eigenvalue weighted by Crippen LogP contribution is 2.29. The van der Waals surface area contributed by atoms with Crippen molar-refractivity contribution < 1.29 is 13.2 Å². The van der Waals surface area contributed by atoms with Crippen LogP contribution >= 0.6 is 11.5 Å². The summed E-state index contributed by atoms with van der Waals surface area (Å²) in [4.78, 5) is -0.887. The van der Waals surface area contributed by atoms with Crippen LogP contribution in [0.5, 0.6) is 0 Å². The molecule has 0 fully saturated rings. The molecule has 1 rings (SSSR count). The zero-order valence-corrected chi connectivity index (χ0v) is 4.75. The normalized spacial score (nSPS) is 11.9. The van der Waals surface area contributed by atoms with Crippen LogP contribution in [0.3, 0.4) is 0 Å². The van der Waals surface area contributed by atoms with Gasteiger partial charge in [-0.15, -0.1) is 5.10 Å². The lowest BCUT2D eigenvalue weighted by Gasteiger charge is -1.96. The maximum Gasteiger partial charge on any atom is 0.429 e. The molecule has 0 unspecified atom stereocenters. The van der Waals surface area contributed by atoms with Gasteiger partial charge in [0.25, 0.3) is 0 Å². The third kappa shape index (κ3) is 1.38. The number of rotatable bonds is 0. The summed E-state index contributed by atoms with van der Waals surface area (Å²) in [6.07, 6.45) is -2.63. The zero-order valence-electron chi connectivity index (χ0n) is 3.94. The lowest BCUT2D eigenvalue weighted by atomic mass is 10.5. The van der Waals surface area contributed by atoms with Crippen molar-refractivity contribution in [3.63, 3.8) is 0 Å². The van der Waals surface area contributed by atoms with Gasteiger partial charge in [0.05, 0.1) is 0 Å². The van der Waals surface area contributed by atoms with Crippen LogP contribution in [0.2, 0.25) is 0 Å². The molecule has 1 radical (unpaired) electrons. The molecule has 0 aliphatic carbocycles. The smallest absolute Gasteiger partial charge is 0.165 e. The predicted molar refractivity (Wildman–Crippen MR) is 23.7 cm³/mol. The molecule has 1 aromatic rings. The second-order valence-electron chi connectivity index (χ2n) is 1.21. The Morgan fingerprint density at radius 1 is 1.44 bits per heavy atom. The lowest BCUT2D eigenvalue weighted by Crippen LogP contribution is -2.00. The Morgan fingerprint density at radius 2 is 2.11 bits per heavy atom. The van der Waals surface area contributed by atoms with Crippen LogP contribution in [0.15, 0.2) is 0 Å². The van der Waals surface area contributed by atoms with Crippen LogP contribution in [-0.2, 0) is 6.18 Å². The summed E-state index contributed by atoms with van der Waals surface area (Å²) in [6, 6.07) is 0. The zero-order chi connectivity index (χ0) is 6.91. The molecule has 1 aromatic heterocycles. The molecule has 6 heteroatoms. The monoisotopic (exact) mass is 153 g/mol. The second kappa shape index (κ2) is 1.94. The minimum atomic E-state index is -4.34. The van der Waals surface area contributed by atoms with Crippen molar-refractivity contribution >= 4 is 11.5 Å². The molecule has 0 N–H and O–H groups in total. The molecule has 1 heterocycles. The first-order valence-corrected chi connectivity index (χ1v) is 2.65. The fraction of sp³-hybridized carbons (Fsp3) is 0.333. The average Bonchev–Trinajstić information content (AvgIpc) is 2.08.